The lowest BCUT2D eigenvalue weighted by molar-refractivity contribution is 0.478. The lowest BCUT2D eigenvalue weighted by atomic mass is 9.85. The molecule has 0 aliphatic heterocycles. The van der Waals surface area contributed by atoms with Gasteiger partial charge < -0.3 is 10.2 Å². The highest BCUT2D eigenvalue weighted by Gasteiger charge is 2.27. The van der Waals surface area contributed by atoms with Crippen LogP contribution in [0.2, 0.25) is 0 Å². The first-order valence-electron chi connectivity index (χ1n) is 14.6. The Balaban J connectivity index is 1.46. The van der Waals surface area contributed by atoms with Gasteiger partial charge in [0.15, 0.2) is 0 Å². The summed E-state index contributed by atoms with van der Waals surface area (Å²) in [6.07, 6.45) is 0. The van der Waals surface area contributed by atoms with Crippen LogP contribution in [0.4, 0.5) is 0 Å². The van der Waals surface area contributed by atoms with E-state index in [0.717, 1.165) is 23.5 Å². The number of benzene rings is 8. The molecule has 0 radical (unpaired) electrons. The average Bonchev–Trinajstić information content (AvgIpc) is 3.03. The summed E-state index contributed by atoms with van der Waals surface area (Å²) < 4.78 is 69.4. The Kier molecular flexibility index (Phi) is 6.84. The molecule has 0 unspecified atom stereocenters. The molecule has 0 saturated heterocycles. The Bertz CT molecular complexity index is 2680. The molecule has 8 nitrogen and oxygen atoms in total. The summed E-state index contributed by atoms with van der Waals surface area (Å²) in [6.45, 7) is 3.46. The average molecular weight is 713 g/mol. The van der Waals surface area contributed by atoms with Crippen molar-refractivity contribution < 1.29 is 36.2 Å². The Morgan fingerprint density at radius 2 is 0.833 bits per heavy atom. The van der Waals surface area contributed by atoms with Gasteiger partial charge in [-0.1, -0.05) is 72.1 Å². The minimum atomic E-state index is -4.54. The maximum atomic E-state index is 12.3. The van der Waals surface area contributed by atoms with Crippen molar-refractivity contribution in [3.8, 4) is 11.5 Å². The van der Waals surface area contributed by atoms with Crippen LogP contribution in [0, 0.1) is 13.8 Å². The second kappa shape index (κ2) is 10.6. The van der Waals surface area contributed by atoms with E-state index in [9.17, 15) is 36.2 Å². The predicted octanol–water partition coefficient (Wildman–Crippen LogP) is 9.15. The zero-order chi connectivity index (χ0) is 33.9. The van der Waals surface area contributed by atoms with Crippen LogP contribution in [0.25, 0.3) is 53.9 Å². The van der Waals surface area contributed by atoms with Crippen LogP contribution in [0.1, 0.15) is 11.1 Å². The third kappa shape index (κ3) is 4.66. The topological polar surface area (TPSA) is 149 Å². The summed E-state index contributed by atoms with van der Waals surface area (Å²) in [4.78, 5) is 1.39. The fourth-order valence-corrected chi connectivity index (χ4v) is 10.8. The van der Waals surface area contributed by atoms with Gasteiger partial charge in [-0.25, -0.2) is 0 Å². The standard InChI is InChI=1S/C36H24O8S4/c1-17-9-11-25(29(13-17)47(39,40)41)45-27-15-23-33-31-19(27)5-3-7-21(31)36(38)24-16-28(20-6-4-8-22(35(23)37)32(20)34(24)33)46-26-12-10-18(2)14-30(26)48(42,43)44/h3-16,37-38H,1-2H3,(H,39,40,41)(H,42,43,44). The molecule has 8 rings (SSSR count). The van der Waals surface area contributed by atoms with Crippen molar-refractivity contribution in [3.05, 3.63) is 96.1 Å². The van der Waals surface area contributed by atoms with E-state index in [1.54, 1.807) is 74.5 Å². The fraction of sp³-hybridized carbons (Fsp3) is 0.0556. The summed E-state index contributed by atoms with van der Waals surface area (Å²) in [5.41, 5.74) is 1.33. The van der Waals surface area contributed by atoms with Gasteiger partial charge in [-0.3, -0.25) is 9.11 Å². The quantitative estimate of drug-likeness (QED) is 0.0747. The normalized spacial score (nSPS) is 12.8. The number of aromatic hydroxyl groups is 2. The van der Waals surface area contributed by atoms with E-state index < -0.39 is 20.2 Å². The van der Waals surface area contributed by atoms with Gasteiger partial charge in [0.1, 0.15) is 21.3 Å². The molecule has 0 bridgehead atoms. The zero-order valence-electron chi connectivity index (χ0n) is 25.1. The monoisotopic (exact) mass is 712 g/mol. The van der Waals surface area contributed by atoms with Crippen molar-refractivity contribution in [2.24, 2.45) is 0 Å². The van der Waals surface area contributed by atoms with E-state index in [1.807, 2.05) is 12.1 Å². The summed E-state index contributed by atoms with van der Waals surface area (Å²) in [6, 6.07) is 24.0. The molecule has 0 saturated carbocycles. The molecular formula is C36H24O8S4. The molecule has 0 aliphatic carbocycles. The number of hydrogen-bond donors (Lipinski definition) is 4. The number of rotatable bonds is 6. The van der Waals surface area contributed by atoms with E-state index in [-0.39, 0.29) is 21.3 Å². The first-order valence-corrected chi connectivity index (χ1v) is 19.1. The number of hydrogen-bond acceptors (Lipinski definition) is 8. The van der Waals surface area contributed by atoms with E-state index in [2.05, 4.69) is 0 Å². The van der Waals surface area contributed by atoms with E-state index in [1.165, 1.54) is 12.1 Å². The van der Waals surface area contributed by atoms with Crippen molar-refractivity contribution in [1.29, 1.82) is 0 Å². The second-order valence-corrected chi connectivity index (χ2v) is 16.8. The second-order valence-electron chi connectivity index (χ2n) is 11.8. The van der Waals surface area contributed by atoms with Crippen molar-refractivity contribution >= 4 is 97.6 Å². The van der Waals surface area contributed by atoms with Crippen LogP contribution < -0.4 is 0 Å². The van der Waals surface area contributed by atoms with Gasteiger partial charge in [0, 0.05) is 62.7 Å². The molecule has 240 valence electrons. The highest BCUT2D eigenvalue weighted by Crippen LogP contribution is 2.55. The van der Waals surface area contributed by atoms with E-state index >= 15 is 0 Å². The Labute approximate surface area is 283 Å². The van der Waals surface area contributed by atoms with Gasteiger partial charge in [0.2, 0.25) is 0 Å². The van der Waals surface area contributed by atoms with E-state index in [0.29, 0.717) is 84.6 Å². The van der Waals surface area contributed by atoms with Crippen molar-refractivity contribution in [1.82, 2.24) is 0 Å². The molecule has 0 atom stereocenters. The SMILES string of the molecule is Cc1ccc(Sc2cc3c(O)c4cccc5c(Sc6ccc(C)cc6S(=O)(=O)O)cc6c(O)c7cccc2c7c3c6c54)c(S(=O)(=O)O)c1. The van der Waals surface area contributed by atoms with Crippen LogP contribution in [-0.4, -0.2) is 36.2 Å². The predicted molar refractivity (Wildman–Crippen MR) is 190 cm³/mol. The molecule has 48 heavy (non-hydrogen) atoms. The highest BCUT2D eigenvalue weighted by atomic mass is 32.2. The lowest BCUT2D eigenvalue weighted by Crippen LogP contribution is -2.01. The molecule has 0 aliphatic rings. The Morgan fingerprint density at radius 3 is 1.21 bits per heavy atom. The summed E-state index contributed by atoms with van der Waals surface area (Å²) in [7, 11) is -9.08. The van der Waals surface area contributed by atoms with Crippen LogP contribution in [-0.2, 0) is 20.2 Å². The third-order valence-electron chi connectivity index (χ3n) is 8.71. The molecular weight excluding hydrogens is 689 g/mol. The van der Waals surface area contributed by atoms with Crippen molar-refractivity contribution in [2.75, 3.05) is 0 Å². The van der Waals surface area contributed by atoms with Crippen LogP contribution >= 0.6 is 23.5 Å². The number of phenolic OH excluding ortho intramolecular Hbond substituents is 2. The van der Waals surface area contributed by atoms with Gasteiger partial charge in [0.25, 0.3) is 20.2 Å². The van der Waals surface area contributed by atoms with Gasteiger partial charge in [-0.2, -0.15) is 16.8 Å². The third-order valence-corrected chi connectivity index (χ3v) is 13.0. The lowest BCUT2D eigenvalue weighted by Gasteiger charge is -2.22. The van der Waals surface area contributed by atoms with Gasteiger partial charge in [-0.15, -0.1) is 0 Å². The summed E-state index contributed by atoms with van der Waals surface area (Å²) in [5.74, 6) is -0.0203. The minimum Gasteiger partial charge on any atom is -0.507 e. The van der Waals surface area contributed by atoms with Crippen LogP contribution in [0.15, 0.2) is 114 Å². The van der Waals surface area contributed by atoms with Gasteiger partial charge in [-0.05, 0) is 72.1 Å². The molecule has 0 amide bonds. The highest BCUT2D eigenvalue weighted by molar-refractivity contribution is 8.00. The zero-order valence-corrected chi connectivity index (χ0v) is 28.4. The van der Waals surface area contributed by atoms with E-state index in [4.69, 9.17) is 0 Å². The molecule has 0 fully saturated rings. The van der Waals surface area contributed by atoms with Gasteiger partial charge in [0.05, 0.1) is 0 Å². The van der Waals surface area contributed by atoms with Crippen LogP contribution in [0.3, 0.4) is 0 Å². The van der Waals surface area contributed by atoms with Crippen molar-refractivity contribution in [2.45, 2.75) is 43.2 Å². The summed E-state index contributed by atoms with van der Waals surface area (Å²) in [5, 5.41) is 30.1. The van der Waals surface area contributed by atoms with Crippen molar-refractivity contribution in [3.63, 3.8) is 0 Å². The largest absolute Gasteiger partial charge is 0.507 e. The summed E-state index contributed by atoms with van der Waals surface area (Å²) >= 11 is 2.28. The Morgan fingerprint density at radius 1 is 0.458 bits per heavy atom. The van der Waals surface area contributed by atoms with Gasteiger partial charge >= 0.3 is 0 Å². The van der Waals surface area contributed by atoms with Crippen LogP contribution in [0.5, 0.6) is 11.5 Å². The molecule has 4 N–H and O–H groups in total. The maximum absolute atomic E-state index is 12.3. The molecule has 12 heteroatoms. The molecule has 0 aromatic heterocycles. The smallest absolute Gasteiger partial charge is 0.295 e. The first kappa shape index (κ1) is 31.0. The molecule has 8 aromatic carbocycles. The molecule has 0 spiro atoms. The molecule has 8 aromatic rings. The number of phenols is 2. The maximum Gasteiger partial charge on any atom is 0.295 e. The number of aryl methyl sites for hydroxylation is 2. The first-order chi connectivity index (χ1) is 22.7. The fourth-order valence-electron chi connectivity index (χ4n) is 6.67. The Hall–Kier alpha value is -4.30. The molecule has 0 heterocycles. The minimum absolute atomic E-state index is 0.0102.